The first-order valence-corrected chi connectivity index (χ1v) is 8.20. The first-order valence-electron chi connectivity index (χ1n) is 8.20. The van der Waals surface area contributed by atoms with Gasteiger partial charge in [0.05, 0.1) is 5.92 Å². The van der Waals surface area contributed by atoms with Crippen molar-refractivity contribution in [3.8, 4) is 0 Å². The number of hydrogen-bond donors (Lipinski definition) is 0. The maximum Gasteiger partial charge on any atom is 0.204 e. The largest absolute Gasteiger partial charge is 0.618 e. The van der Waals surface area contributed by atoms with Crippen molar-refractivity contribution in [3.05, 3.63) is 106 Å². The van der Waals surface area contributed by atoms with Crippen molar-refractivity contribution in [1.82, 2.24) is 0 Å². The van der Waals surface area contributed by atoms with Crippen LogP contribution in [0.1, 0.15) is 45.3 Å². The van der Waals surface area contributed by atoms with Crippen LogP contribution in [-0.4, -0.2) is 0 Å². The SMILES string of the molecule is [O-][n+]1cccc2c1[C@@H]1Cc3ccccc3C[C@H]2c2ccccc21. The Morgan fingerprint density at radius 2 is 1.26 bits per heavy atom. The lowest BCUT2D eigenvalue weighted by molar-refractivity contribution is -0.615. The molecule has 0 aliphatic heterocycles. The van der Waals surface area contributed by atoms with Crippen LogP contribution in [0.4, 0.5) is 0 Å². The van der Waals surface area contributed by atoms with Gasteiger partial charge in [-0.1, -0.05) is 48.5 Å². The van der Waals surface area contributed by atoms with Gasteiger partial charge in [-0.3, -0.25) is 0 Å². The van der Waals surface area contributed by atoms with E-state index in [1.54, 1.807) is 6.20 Å². The second kappa shape index (κ2) is 4.69. The fourth-order valence-electron chi connectivity index (χ4n) is 4.45. The monoisotopic (exact) mass is 299 g/mol. The Balaban J connectivity index is 1.83. The van der Waals surface area contributed by atoms with Gasteiger partial charge in [-0.2, -0.15) is 4.73 Å². The molecule has 3 aromatic rings. The summed E-state index contributed by atoms with van der Waals surface area (Å²) >= 11 is 0. The Morgan fingerprint density at radius 1 is 0.696 bits per heavy atom. The number of benzene rings is 2. The van der Waals surface area contributed by atoms with Crippen LogP contribution in [-0.2, 0) is 12.8 Å². The van der Waals surface area contributed by atoms with E-state index in [0.717, 1.165) is 23.3 Å². The summed E-state index contributed by atoms with van der Waals surface area (Å²) in [6, 6.07) is 21.4. The van der Waals surface area contributed by atoms with E-state index in [9.17, 15) is 5.21 Å². The van der Waals surface area contributed by atoms with Crippen molar-refractivity contribution in [2.75, 3.05) is 0 Å². The average molecular weight is 299 g/mol. The maximum atomic E-state index is 12.6. The lowest BCUT2D eigenvalue weighted by Gasteiger charge is -2.35. The molecule has 1 aromatic heterocycles. The highest BCUT2D eigenvalue weighted by Gasteiger charge is 2.39. The third-order valence-corrected chi connectivity index (χ3v) is 5.45. The Hall–Kier alpha value is -2.61. The van der Waals surface area contributed by atoms with Crippen LogP contribution in [0.15, 0.2) is 66.9 Å². The molecule has 0 spiro atoms. The first kappa shape index (κ1) is 12.9. The molecule has 0 radical (unpaired) electrons. The molecule has 0 saturated carbocycles. The van der Waals surface area contributed by atoms with Crippen LogP contribution < -0.4 is 4.73 Å². The highest BCUT2D eigenvalue weighted by Crippen LogP contribution is 2.46. The topological polar surface area (TPSA) is 26.9 Å². The maximum absolute atomic E-state index is 12.6. The van der Waals surface area contributed by atoms with Gasteiger partial charge in [-0.05, 0) is 41.2 Å². The molecule has 0 amide bonds. The summed E-state index contributed by atoms with van der Waals surface area (Å²) in [6.07, 6.45) is 3.51. The third kappa shape index (κ3) is 1.78. The summed E-state index contributed by atoms with van der Waals surface area (Å²) in [5.41, 5.74) is 7.68. The molecule has 2 atom stereocenters. The van der Waals surface area contributed by atoms with Gasteiger partial charge in [0.15, 0.2) is 6.20 Å². The third-order valence-electron chi connectivity index (χ3n) is 5.45. The number of aromatic nitrogens is 1. The van der Waals surface area contributed by atoms with Crippen LogP contribution in [0.25, 0.3) is 0 Å². The predicted molar refractivity (Wildman–Crippen MR) is 89.4 cm³/mol. The predicted octanol–water partition coefficient (Wildman–Crippen LogP) is 3.70. The number of nitrogens with zero attached hydrogens (tertiary/aromatic N) is 1. The summed E-state index contributed by atoms with van der Waals surface area (Å²) in [7, 11) is 0. The van der Waals surface area contributed by atoms with E-state index in [-0.39, 0.29) is 11.8 Å². The fourth-order valence-corrected chi connectivity index (χ4v) is 4.45. The molecule has 2 heteroatoms. The van der Waals surface area contributed by atoms with E-state index in [1.807, 2.05) is 6.07 Å². The summed E-state index contributed by atoms with van der Waals surface area (Å²) in [5.74, 6) is 0.429. The molecule has 0 saturated heterocycles. The summed E-state index contributed by atoms with van der Waals surface area (Å²) in [5, 5.41) is 12.6. The van der Waals surface area contributed by atoms with Crippen LogP contribution in [0.5, 0.6) is 0 Å². The van der Waals surface area contributed by atoms with Crippen LogP contribution in [0, 0.1) is 5.21 Å². The van der Waals surface area contributed by atoms with Gasteiger partial charge in [0.1, 0.15) is 0 Å². The quantitative estimate of drug-likeness (QED) is 0.459. The number of hydrogen-bond acceptors (Lipinski definition) is 1. The molecule has 112 valence electrons. The van der Waals surface area contributed by atoms with Crippen molar-refractivity contribution in [1.29, 1.82) is 0 Å². The molecule has 2 bridgehead atoms. The lowest BCUT2D eigenvalue weighted by atomic mass is 9.68. The van der Waals surface area contributed by atoms with Gasteiger partial charge in [0, 0.05) is 17.5 Å². The first-order chi connectivity index (χ1) is 11.3. The normalized spacial score (nSPS) is 20.9. The molecule has 0 fully saturated rings. The van der Waals surface area contributed by atoms with E-state index >= 15 is 0 Å². The standard InChI is InChI=1S/C21H17NO/c23-22-11-5-10-18-19-12-14-6-1-2-7-15(14)13-20(21(18)22)17-9-4-3-8-16(17)19/h1-11,19-20H,12-13H2/t19-,20+/m0/s1. The van der Waals surface area contributed by atoms with Crippen molar-refractivity contribution >= 4 is 0 Å². The molecular formula is C21H17NO. The van der Waals surface area contributed by atoms with Gasteiger partial charge in [-0.15, -0.1) is 0 Å². The van der Waals surface area contributed by atoms with Crippen molar-refractivity contribution in [3.63, 3.8) is 0 Å². The Bertz CT molecular complexity index is 915. The second-order valence-electron chi connectivity index (χ2n) is 6.59. The molecule has 1 heterocycles. The summed E-state index contributed by atoms with van der Waals surface area (Å²) in [6.45, 7) is 0. The molecule has 2 nitrogen and oxygen atoms in total. The highest BCUT2D eigenvalue weighted by atomic mass is 16.5. The minimum Gasteiger partial charge on any atom is -0.618 e. The second-order valence-corrected chi connectivity index (χ2v) is 6.59. The van der Waals surface area contributed by atoms with Gasteiger partial charge in [-0.25, -0.2) is 0 Å². The molecule has 3 aliphatic rings. The number of pyridine rings is 1. The Labute approximate surface area is 135 Å². The van der Waals surface area contributed by atoms with Crippen molar-refractivity contribution in [2.24, 2.45) is 0 Å². The zero-order valence-electron chi connectivity index (χ0n) is 12.8. The summed E-state index contributed by atoms with van der Waals surface area (Å²) < 4.78 is 1.09. The minimum atomic E-state index is 0.151. The van der Waals surface area contributed by atoms with Gasteiger partial charge in [0.25, 0.3) is 0 Å². The molecule has 0 unspecified atom stereocenters. The lowest BCUT2D eigenvalue weighted by Crippen LogP contribution is -2.39. The zero-order chi connectivity index (χ0) is 15.4. The molecular weight excluding hydrogens is 282 g/mol. The van der Waals surface area contributed by atoms with Crippen LogP contribution in [0.3, 0.4) is 0 Å². The minimum absolute atomic E-state index is 0.151. The average Bonchev–Trinajstić information content (AvgIpc) is 2.56. The molecule has 3 aliphatic carbocycles. The zero-order valence-corrected chi connectivity index (χ0v) is 12.8. The van der Waals surface area contributed by atoms with E-state index in [4.69, 9.17) is 0 Å². The van der Waals surface area contributed by atoms with Crippen LogP contribution in [0.2, 0.25) is 0 Å². The van der Waals surface area contributed by atoms with E-state index < -0.39 is 0 Å². The van der Waals surface area contributed by atoms with E-state index in [0.29, 0.717) is 0 Å². The van der Waals surface area contributed by atoms with Crippen molar-refractivity contribution in [2.45, 2.75) is 24.7 Å². The molecule has 23 heavy (non-hydrogen) atoms. The van der Waals surface area contributed by atoms with Crippen LogP contribution >= 0.6 is 0 Å². The molecule has 0 N–H and O–H groups in total. The molecule has 6 rings (SSSR count). The van der Waals surface area contributed by atoms with Crippen molar-refractivity contribution < 1.29 is 4.73 Å². The fraction of sp³-hybridized carbons (Fsp3) is 0.190. The Morgan fingerprint density at radius 3 is 2.00 bits per heavy atom. The summed E-state index contributed by atoms with van der Waals surface area (Å²) in [4.78, 5) is 0. The van der Waals surface area contributed by atoms with E-state index in [1.165, 1.54) is 27.8 Å². The van der Waals surface area contributed by atoms with Gasteiger partial charge < -0.3 is 5.21 Å². The van der Waals surface area contributed by atoms with Gasteiger partial charge in [0.2, 0.25) is 5.69 Å². The smallest absolute Gasteiger partial charge is 0.204 e. The Kier molecular flexibility index (Phi) is 2.63. The molecule has 2 aromatic carbocycles. The highest BCUT2D eigenvalue weighted by molar-refractivity contribution is 5.53. The number of rotatable bonds is 0. The van der Waals surface area contributed by atoms with Gasteiger partial charge >= 0.3 is 0 Å². The van der Waals surface area contributed by atoms with E-state index in [2.05, 4.69) is 54.6 Å².